The van der Waals surface area contributed by atoms with Gasteiger partial charge in [0, 0.05) is 25.1 Å². The maximum absolute atomic E-state index is 11.2. The van der Waals surface area contributed by atoms with Gasteiger partial charge in [-0.2, -0.15) is 21.4 Å². The van der Waals surface area contributed by atoms with Crippen LogP contribution in [-0.2, 0) is 26.8 Å². The van der Waals surface area contributed by atoms with Crippen LogP contribution in [0.3, 0.4) is 0 Å². The van der Waals surface area contributed by atoms with Crippen molar-refractivity contribution in [3.05, 3.63) is 70.9 Å². The van der Waals surface area contributed by atoms with Crippen molar-refractivity contribution < 1.29 is 39.7 Å². The molecule has 0 unspecified atom stereocenters. The average molecular weight is 564 g/mol. The topological polar surface area (TPSA) is 138 Å². The molecule has 0 saturated heterocycles. The SMILES string of the molecule is CC(/C=C1\Oc2ccc(C)cc2N1CCCS(=O)(=O)O)=C\c1oc2ccc(C)cc2[n+]1CCCS(=O)(=O)O. The molecule has 1 aliphatic heterocycles. The third kappa shape index (κ3) is 7.01. The van der Waals surface area contributed by atoms with Gasteiger partial charge in [0.15, 0.2) is 12.3 Å². The average Bonchev–Trinajstić information content (AvgIpc) is 3.29. The Labute approximate surface area is 222 Å². The fourth-order valence-corrected chi connectivity index (χ4v) is 5.33. The van der Waals surface area contributed by atoms with Crippen LogP contribution in [0.4, 0.5) is 5.69 Å². The monoisotopic (exact) mass is 563 g/mol. The number of rotatable bonds is 10. The highest BCUT2D eigenvalue weighted by molar-refractivity contribution is 7.86. The van der Waals surface area contributed by atoms with Crippen LogP contribution in [0.25, 0.3) is 17.2 Å². The number of nitrogens with zero attached hydrogens (tertiary/aromatic N) is 2. The van der Waals surface area contributed by atoms with Crippen molar-refractivity contribution in [3.8, 4) is 5.75 Å². The molecule has 0 spiro atoms. The van der Waals surface area contributed by atoms with Crippen molar-refractivity contribution in [1.82, 2.24) is 0 Å². The zero-order chi connectivity index (χ0) is 27.7. The number of anilines is 1. The molecule has 0 saturated carbocycles. The third-order valence-corrected chi connectivity index (χ3v) is 7.65. The quantitative estimate of drug-likeness (QED) is 0.276. The summed E-state index contributed by atoms with van der Waals surface area (Å²) in [4.78, 5) is 1.87. The van der Waals surface area contributed by atoms with Crippen LogP contribution in [-0.4, -0.2) is 44.0 Å². The lowest BCUT2D eigenvalue weighted by Crippen LogP contribution is -2.36. The number of fused-ring (bicyclic) bond motifs is 2. The normalized spacial score (nSPS) is 15.3. The fourth-order valence-electron chi connectivity index (χ4n) is 4.34. The van der Waals surface area contributed by atoms with E-state index in [-0.39, 0.29) is 24.3 Å². The van der Waals surface area contributed by atoms with Crippen LogP contribution in [0.2, 0.25) is 0 Å². The summed E-state index contributed by atoms with van der Waals surface area (Å²) < 4.78 is 77.3. The van der Waals surface area contributed by atoms with Crippen molar-refractivity contribution in [2.45, 2.75) is 40.2 Å². The van der Waals surface area contributed by atoms with E-state index in [2.05, 4.69) is 0 Å². The summed E-state index contributed by atoms with van der Waals surface area (Å²) in [5.74, 6) is 0.906. The van der Waals surface area contributed by atoms with E-state index in [1.807, 2.05) is 78.8 Å². The summed E-state index contributed by atoms with van der Waals surface area (Å²) >= 11 is 0. The molecule has 10 nitrogen and oxygen atoms in total. The lowest BCUT2D eigenvalue weighted by Gasteiger charge is -2.18. The van der Waals surface area contributed by atoms with Crippen LogP contribution in [0.5, 0.6) is 5.75 Å². The molecule has 4 rings (SSSR count). The smallest absolute Gasteiger partial charge is 0.374 e. The minimum absolute atomic E-state index is 0.201. The molecular weight excluding hydrogens is 532 g/mol. The fraction of sp³-hybridized carbons (Fsp3) is 0.346. The van der Waals surface area contributed by atoms with Gasteiger partial charge in [-0.1, -0.05) is 12.1 Å². The second-order valence-corrected chi connectivity index (χ2v) is 12.6. The molecule has 0 atom stereocenters. The summed E-state index contributed by atoms with van der Waals surface area (Å²) in [5, 5.41) is 0. The molecule has 0 amide bonds. The molecule has 2 aromatic carbocycles. The molecule has 0 fully saturated rings. The summed E-state index contributed by atoms with van der Waals surface area (Å²) in [6, 6.07) is 11.5. The summed E-state index contributed by atoms with van der Waals surface area (Å²) in [6.07, 6.45) is 4.02. The van der Waals surface area contributed by atoms with Crippen LogP contribution < -0.4 is 14.2 Å². The van der Waals surface area contributed by atoms with Crippen molar-refractivity contribution in [2.75, 3.05) is 23.0 Å². The number of benzene rings is 2. The molecule has 0 radical (unpaired) electrons. The Hall–Kier alpha value is -3.19. The van der Waals surface area contributed by atoms with E-state index in [1.54, 1.807) is 0 Å². The summed E-state index contributed by atoms with van der Waals surface area (Å²) in [7, 11) is -8.17. The minimum atomic E-state index is -4.09. The molecule has 204 valence electrons. The van der Waals surface area contributed by atoms with Crippen LogP contribution in [0.1, 0.15) is 36.8 Å². The predicted octanol–water partition coefficient (Wildman–Crippen LogP) is 4.04. The second-order valence-electron chi connectivity index (χ2n) is 9.44. The van der Waals surface area contributed by atoms with Gasteiger partial charge in [-0.05, 0) is 62.1 Å². The van der Waals surface area contributed by atoms with Crippen LogP contribution in [0, 0.1) is 13.8 Å². The molecule has 3 aromatic rings. The van der Waals surface area contributed by atoms with Crippen LogP contribution in [0.15, 0.2) is 58.3 Å². The molecule has 0 aliphatic carbocycles. The molecule has 1 aromatic heterocycles. The first kappa shape index (κ1) is 27.8. The van der Waals surface area contributed by atoms with Gasteiger partial charge >= 0.3 is 5.89 Å². The highest BCUT2D eigenvalue weighted by Gasteiger charge is 2.27. The lowest BCUT2D eigenvalue weighted by atomic mass is 10.2. The van der Waals surface area contributed by atoms with Gasteiger partial charge in [-0.25, -0.2) is 0 Å². The zero-order valence-electron chi connectivity index (χ0n) is 21.4. The number of aryl methyl sites for hydroxylation is 3. The van der Waals surface area contributed by atoms with Crippen molar-refractivity contribution in [1.29, 1.82) is 0 Å². The number of aromatic nitrogens is 1. The van der Waals surface area contributed by atoms with Crippen LogP contribution >= 0.6 is 0 Å². The number of hydrogen-bond donors (Lipinski definition) is 2. The van der Waals surface area contributed by atoms with E-state index in [0.717, 1.165) is 27.9 Å². The minimum Gasteiger partial charge on any atom is -0.439 e. The van der Waals surface area contributed by atoms with Gasteiger partial charge in [0.05, 0.1) is 23.3 Å². The van der Waals surface area contributed by atoms with Gasteiger partial charge in [0.1, 0.15) is 0 Å². The van der Waals surface area contributed by atoms with E-state index in [0.29, 0.717) is 36.2 Å². The Morgan fingerprint density at radius 1 is 0.974 bits per heavy atom. The summed E-state index contributed by atoms with van der Waals surface area (Å²) in [5.41, 5.74) is 5.05. The molecule has 0 bridgehead atoms. The van der Waals surface area contributed by atoms with E-state index >= 15 is 0 Å². The molecular formula is C26H31N2O8S2+. The van der Waals surface area contributed by atoms with Gasteiger partial charge in [-0.15, -0.1) is 0 Å². The standard InChI is InChI=1S/C26H30N2O8S2/c1-18-6-8-23-21(14-18)27(10-4-12-37(29,30)31)25(35-23)16-20(3)17-26-28(11-5-13-38(32,33)34)22-15-19(2)7-9-24(22)36-26/h6-9,14-17H,4-5,10-13H2,1-3H3,(H-,29,30,31,32,33,34)/p+1. The Morgan fingerprint density at radius 2 is 1.63 bits per heavy atom. The second kappa shape index (κ2) is 10.9. The lowest BCUT2D eigenvalue weighted by molar-refractivity contribution is -0.677. The van der Waals surface area contributed by atoms with Gasteiger partial charge in [-0.3, -0.25) is 9.11 Å². The number of ether oxygens (including phenoxy) is 1. The Kier molecular flexibility index (Phi) is 7.98. The maximum atomic E-state index is 11.2. The maximum Gasteiger partial charge on any atom is 0.374 e. The largest absolute Gasteiger partial charge is 0.439 e. The summed E-state index contributed by atoms with van der Waals surface area (Å²) in [6.45, 7) is 6.40. The van der Waals surface area contributed by atoms with Crippen molar-refractivity contribution in [3.63, 3.8) is 0 Å². The molecule has 12 heteroatoms. The van der Waals surface area contributed by atoms with E-state index in [9.17, 15) is 16.8 Å². The molecule has 1 aliphatic rings. The Bertz CT molecular complexity index is 1640. The predicted molar refractivity (Wildman–Crippen MR) is 144 cm³/mol. The number of allylic oxidation sites excluding steroid dienone is 2. The van der Waals surface area contributed by atoms with Gasteiger partial charge in [0.2, 0.25) is 11.5 Å². The highest BCUT2D eigenvalue weighted by atomic mass is 32.2. The first-order chi connectivity index (χ1) is 17.8. The molecule has 38 heavy (non-hydrogen) atoms. The van der Waals surface area contributed by atoms with Gasteiger partial charge < -0.3 is 14.1 Å². The number of hydrogen-bond acceptors (Lipinski definition) is 7. The first-order valence-electron chi connectivity index (χ1n) is 12.1. The van der Waals surface area contributed by atoms with Gasteiger partial charge in [0.25, 0.3) is 25.8 Å². The van der Waals surface area contributed by atoms with E-state index in [1.165, 1.54) is 0 Å². The third-order valence-electron chi connectivity index (χ3n) is 6.04. The van der Waals surface area contributed by atoms with E-state index < -0.39 is 20.2 Å². The van der Waals surface area contributed by atoms with E-state index in [4.69, 9.17) is 18.3 Å². The Morgan fingerprint density at radius 3 is 2.34 bits per heavy atom. The molecule has 2 heterocycles. The van der Waals surface area contributed by atoms with Crippen molar-refractivity contribution in [2.24, 2.45) is 0 Å². The first-order valence-corrected chi connectivity index (χ1v) is 15.3. The zero-order valence-corrected chi connectivity index (χ0v) is 23.0. The number of oxazole rings is 1. The molecule has 2 N–H and O–H groups in total. The van der Waals surface area contributed by atoms with Crippen molar-refractivity contribution >= 4 is 43.1 Å². The highest BCUT2D eigenvalue weighted by Crippen LogP contribution is 2.40. The Balaban J connectivity index is 1.67.